The van der Waals surface area contributed by atoms with Crippen LogP contribution in [0.1, 0.15) is 19.4 Å². The third kappa shape index (κ3) is 4.64. The zero-order valence-electron chi connectivity index (χ0n) is 10.2. The Morgan fingerprint density at radius 2 is 2.12 bits per heavy atom. The summed E-state index contributed by atoms with van der Waals surface area (Å²) in [6.07, 6.45) is 0. The van der Waals surface area contributed by atoms with Crippen LogP contribution in [0, 0.1) is 6.92 Å². The summed E-state index contributed by atoms with van der Waals surface area (Å²) in [5.74, 6) is 0.851. The lowest BCUT2D eigenvalue weighted by molar-refractivity contribution is 0.177. The van der Waals surface area contributed by atoms with E-state index < -0.39 is 0 Å². The minimum atomic E-state index is -0.0134. The molecule has 0 heterocycles. The Labute approximate surface area is 97.4 Å². The van der Waals surface area contributed by atoms with E-state index in [0.29, 0.717) is 12.6 Å². The molecule has 0 bridgehead atoms. The van der Waals surface area contributed by atoms with Gasteiger partial charge in [0.05, 0.1) is 12.6 Å². The first-order valence-electron chi connectivity index (χ1n) is 5.68. The molecule has 0 aliphatic heterocycles. The minimum Gasteiger partial charge on any atom is -0.492 e. The molecule has 16 heavy (non-hydrogen) atoms. The van der Waals surface area contributed by atoms with E-state index in [1.54, 1.807) is 0 Å². The molecular weight excluding hydrogens is 202 g/mol. The van der Waals surface area contributed by atoms with Crippen molar-refractivity contribution in [2.45, 2.75) is 32.9 Å². The van der Waals surface area contributed by atoms with Crippen molar-refractivity contribution in [1.29, 1.82) is 0 Å². The first-order valence-corrected chi connectivity index (χ1v) is 5.68. The maximum atomic E-state index is 9.17. The van der Waals surface area contributed by atoms with Crippen molar-refractivity contribution >= 4 is 0 Å². The van der Waals surface area contributed by atoms with E-state index in [1.807, 2.05) is 31.2 Å². The fourth-order valence-corrected chi connectivity index (χ4v) is 1.53. The van der Waals surface area contributed by atoms with Crippen LogP contribution in [-0.4, -0.2) is 30.4 Å². The number of aliphatic hydroxyl groups is 1. The van der Waals surface area contributed by atoms with Crippen LogP contribution in [-0.2, 0) is 0 Å². The number of hydrogen-bond acceptors (Lipinski definition) is 3. The first-order chi connectivity index (χ1) is 7.61. The molecule has 1 aromatic rings. The molecule has 0 aromatic heterocycles. The monoisotopic (exact) mass is 223 g/mol. The summed E-state index contributed by atoms with van der Waals surface area (Å²) in [5, 5.41) is 12.4. The van der Waals surface area contributed by atoms with Gasteiger partial charge in [-0.25, -0.2) is 0 Å². The summed E-state index contributed by atoms with van der Waals surface area (Å²) in [6, 6.07) is 8.25. The van der Waals surface area contributed by atoms with Gasteiger partial charge in [0.1, 0.15) is 12.4 Å². The molecule has 0 unspecified atom stereocenters. The predicted octanol–water partition coefficient (Wildman–Crippen LogP) is 1.73. The normalized spacial score (nSPS) is 12.8. The third-order valence-electron chi connectivity index (χ3n) is 2.23. The molecule has 1 aromatic carbocycles. The van der Waals surface area contributed by atoms with Gasteiger partial charge in [-0.3, -0.25) is 0 Å². The molecule has 0 spiro atoms. The lowest BCUT2D eigenvalue weighted by Gasteiger charge is -2.19. The van der Waals surface area contributed by atoms with Gasteiger partial charge >= 0.3 is 0 Å². The predicted molar refractivity (Wildman–Crippen MR) is 65.8 cm³/mol. The molecule has 0 radical (unpaired) electrons. The van der Waals surface area contributed by atoms with Gasteiger partial charge in [0.15, 0.2) is 0 Å². The largest absolute Gasteiger partial charge is 0.492 e. The lowest BCUT2D eigenvalue weighted by Crippen LogP contribution is -2.41. The first kappa shape index (κ1) is 13.0. The number of ether oxygens (including phenoxy) is 1. The summed E-state index contributed by atoms with van der Waals surface area (Å²) in [7, 11) is 0. The van der Waals surface area contributed by atoms with Crippen LogP contribution in [0.15, 0.2) is 24.3 Å². The Hall–Kier alpha value is -1.06. The molecule has 0 aliphatic rings. The summed E-state index contributed by atoms with van der Waals surface area (Å²) < 4.78 is 5.62. The highest BCUT2D eigenvalue weighted by molar-refractivity contribution is 5.27. The zero-order chi connectivity index (χ0) is 12.0. The molecular formula is C13H21NO2. The van der Waals surface area contributed by atoms with E-state index in [0.717, 1.165) is 5.75 Å². The molecule has 2 N–H and O–H groups in total. The highest BCUT2D eigenvalue weighted by atomic mass is 16.5. The smallest absolute Gasteiger partial charge is 0.119 e. The van der Waals surface area contributed by atoms with Crippen molar-refractivity contribution in [3.63, 3.8) is 0 Å². The van der Waals surface area contributed by atoms with E-state index >= 15 is 0 Å². The van der Waals surface area contributed by atoms with Crippen LogP contribution in [0.5, 0.6) is 5.75 Å². The van der Waals surface area contributed by atoms with E-state index in [1.165, 1.54) is 5.56 Å². The van der Waals surface area contributed by atoms with Gasteiger partial charge in [-0.15, -0.1) is 0 Å². The Bertz CT molecular complexity index is 313. The average Bonchev–Trinajstić information content (AvgIpc) is 2.24. The molecule has 0 saturated carbocycles. The van der Waals surface area contributed by atoms with Crippen molar-refractivity contribution in [1.82, 2.24) is 5.32 Å². The average molecular weight is 223 g/mol. The fraction of sp³-hybridized carbons (Fsp3) is 0.538. The Kier molecular flexibility index (Phi) is 5.29. The van der Waals surface area contributed by atoms with Gasteiger partial charge in [-0.1, -0.05) is 26.0 Å². The second-order valence-electron chi connectivity index (χ2n) is 4.33. The van der Waals surface area contributed by atoms with Gasteiger partial charge in [-0.2, -0.15) is 0 Å². The minimum absolute atomic E-state index is 0.0134. The second-order valence-corrected chi connectivity index (χ2v) is 4.33. The number of aryl methyl sites for hydroxylation is 1. The van der Waals surface area contributed by atoms with Crippen molar-refractivity contribution < 1.29 is 9.84 Å². The molecule has 90 valence electrons. The molecule has 0 amide bonds. The summed E-state index contributed by atoms with van der Waals surface area (Å²) >= 11 is 0. The van der Waals surface area contributed by atoms with Crippen molar-refractivity contribution in [2.75, 3.05) is 13.2 Å². The van der Waals surface area contributed by atoms with Gasteiger partial charge in [0.2, 0.25) is 0 Å². The van der Waals surface area contributed by atoms with Crippen LogP contribution in [0.3, 0.4) is 0 Å². The topological polar surface area (TPSA) is 41.5 Å². The van der Waals surface area contributed by atoms with Crippen LogP contribution in [0.25, 0.3) is 0 Å². The summed E-state index contributed by atoms with van der Waals surface area (Å²) in [5.41, 5.74) is 1.18. The summed E-state index contributed by atoms with van der Waals surface area (Å²) in [6.45, 7) is 6.70. The molecule has 0 fully saturated rings. The highest BCUT2D eigenvalue weighted by Gasteiger charge is 2.09. The van der Waals surface area contributed by atoms with Gasteiger partial charge in [0, 0.05) is 6.04 Å². The molecule has 3 nitrogen and oxygen atoms in total. The van der Waals surface area contributed by atoms with Crippen molar-refractivity contribution in [3.8, 4) is 5.75 Å². The Balaban J connectivity index is 2.43. The quantitative estimate of drug-likeness (QED) is 0.771. The van der Waals surface area contributed by atoms with Gasteiger partial charge < -0.3 is 15.2 Å². The fourth-order valence-electron chi connectivity index (χ4n) is 1.53. The highest BCUT2D eigenvalue weighted by Crippen LogP contribution is 2.12. The van der Waals surface area contributed by atoms with Crippen molar-refractivity contribution in [3.05, 3.63) is 29.8 Å². The van der Waals surface area contributed by atoms with E-state index in [-0.39, 0.29) is 12.6 Å². The third-order valence-corrected chi connectivity index (χ3v) is 2.23. The standard InChI is InChI=1S/C13H21NO2/c1-10(2)14-12(8-15)9-16-13-6-4-5-11(3)7-13/h4-7,10,12,14-15H,8-9H2,1-3H3/t12-/m0/s1. The number of aliphatic hydroxyl groups excluding tert-OH is 1. The lowest BCUT2D eigenvalue weighted by atomic mass is 10.2. The second kappa shape index (κ2) is 6.51. The zero-order valence-corrected chi connectivity index (χ0v) is 10.2. The maximum absolute atomic E-state index is 9.17. The van der Waals surface area contributed by atoms with Crippen molar-refractivity contribution in [2.24, 2.45) is 0 Å². The number of hydrogen-bond donors (Lipinski definition) is 2. The van der Waals surface area contributed by atoms with E-state index in [9.17, 15) is 0 Å². The molecule has 1 atom stereocenters. The van der Waals surface area contributed by atoms with Crippen LogP contribution in [0.2, 0.25) is 0 Å². The van der Waals surface area contributed by atoms with Gasteiger partial charge in [0.25, 0.3) is 0 Å². The number of benzene rings is 1. The van der Waals surface area contributed by atoms with Crippen LogP contribution in [0.4, 0.5) is 0 Å². The molecule has 1 rings (SSSR count). The number of rotatable bonds is 6. The SMILES string of the molecule is Cc1cccc(OC[C@H](CO)NC(C)C)c1. The Morgan fingerprint density at radius 1 is 1.38 bits per heavy atom. The Morgan fingerprint density at radius 3 is 2.69 bits per heavy atom. The van der Waals surface area contributed by atoms with E-state index in [2.05, 4.69) is 19.2 Å². The van der Waals surface area contributed by atoms with Crippen LogP contribution < -0.4 is 10.1 Å². The van der Waals surface area contributed by atoms with Crippen LogP contribution >= 0.6 is 0 Å². The molecule has 0 aliphatic carbocycles. The molecule has 0 saturated heterocycles. The maximum Gasteiger partial charge on any atom is 0.119 e. The number of nitrogens with one attached hydrogen (secondary N) is 1. The molecule has 3 heteroatoms. The van der Waals surface area contributed by atoms with Gasteiger partial charge in [-0.05, 0) is 24.6 Å². The van der Waals surface area contributed by atoms with E-state index in [4.69, 9.17) is 9.84 Å². The summed E-state index contributed by atoms with van der Waals surface area (Å²) in [4.78, 5) is 0.